The average molecular weight is 226 g/mol. The van der Waals surface area contributed by atoms with Gasteiger partial charge in [0, 0.05) is 25.2 Å². The van der Waals surface area contributed by atoms with Crippen LogP contribution in [0.3, 0.4) is 0 Å². The average Bonchev–Trinajstić information content (AvgIpc) is 2.31. The third-order valence-electron chi connectivity index (χ3n) is 4.16. The van der Waals surface area contributed by atoms with Gasteiger partial charge in [-0.1, -0.05) is 6.42 Å². The molecule has 0 aromatic heterocycles. The van der Waals surface area contributed by atoms with E-state index in [9.17, 15) is 5.11 Å². The van der Waals surface area contributed by atoms with E-state index in [-0.39, 0.29) is 6.10 Å². The van der Waals surface area contributed by atoms with E-state index in [2.05, 4.69) is 17.1 Å². The van der Waals surface area contributed by atoms with Crippen molar-refractivity contribution in [3.8, 4) is 0 Å². The summed E-state index contributed by atoms with van der Waals surface area (Å²) in [6, 6.07) is 1.40. The Morgan fingerprint density at radius 2 is 2.00 bits per heavy atom. The van der Waals surface area contributed by atoms with Crippen LogP contribution < -0.4 is 5.32 Å². The third kappa shape index (κ3) is 3.44. The molecule has 2 aliphatic heterocycles. The molecule has 2 fully saturated rings. The van der Waals surface area contributed by atoms with Crippen LogP contribution in [0.2, 0.25) is 0 Å². The highest BCUT2D eigenvalue weighted by molar-refractivity contribution is 4.81. The first-order valence-corrected chi connectivity index (χ1v) is 6.91. The van der Waals surface area contributed by atoms with Crippen LogP contribution in [0.1, 0.15) is 45.4 Å². The molecule has 0 aromatic carbocycles. The van der Waals surface area contributed by atoms with Gasteiger partial charge >= 0.3 is 0 Å². The summed E-state index contributed by atoms with van der Waals surface area (Å²) >= 11 is 0. The van der Waals surface area contributed by atoms with Crippen molar-refractivity contribution in [3.63, 3.8) is 0 Å². The molecule has 0 bridgehead atoms. The standard InChI is InChI=1S/C13H26N2O/c1-11(10-12-4-2-3-7-14-12)15-8-5-13(16)6-9-15/h11-14,16H,2-10H2,1H3. The van der Waals surface area contributed by atoms with Crippen LogP contribution in [0.25, 0.3) is 0 Å². The number of hydrogen-bond donors (Lipinski definition) is 2. The van der Waals surface area contributed by atoms with Gasteiger partial charge in [-0.3, -0.25) is 0 Å². The summed E-state index contributed by atoms with van der Waals surface area (Å²) in [5.41, 5.74) is 0. The second-order valence-electron chi connectivity index (χ2n) is 5.50. The SMILES string of the molecule is CC(CC1CCCCN1)N1CCC(O)CC1. The molecular weight excluding hydrogens is 200 g/mol. The van der Waals surface area contributed by atoms with Crippen molar-refractivity contribution in [3.05, 3.63) is 0 Å². The van der Waals surface area contributed by atoms with E-state index >= 15 is 0 Å². The zero-order valence-electron chi connectivity index (χ0n) is 10.5. The maximum atomic E-state index is 9.49. The Balaban J connectivity index is 1.72. The normalized spacial score (nSPS) is 31.5. The fourth-order valence-corrected chi connectivity index (χ4v) is 3.01. The number of nitrogens with one attached hydrogen (secondary N) is 1. The molecule has 2 N–H and O–H groups in total. The van der Waals surface area contributed by atoms with Crippen molar-refractivity contribution in [2.45, 2.75) is 63.6 Å². The fraction of sp³-hybridized carbons (Fsp3) is 1.00. The minimum absolute atomic E-state index is 0.0451. The van der Waals surface area contributed by atoms with Crippen molar-refractivity contribution in [2.24, 2.45) is 0 Å². The van der Waals surface area contributed by atoms with E-state index in [0.29, 0.717) is 6.04 Å². The summed E-state index contributed by atoms with van der Waals surface area (Å²) in [4.78, 5) is 2.54. The quantitative estimate of drug-likeness (QED) is 0.763. The molecule has 2 rings (SSSR count). The van der Waals surface area contributed by atoms with Crippen LogP contribution in [0, 0.1) is 0 Å². The lowest BCUT2D eigenvalue weighted by Crippen LogP contribution is -2.45. The second kappa shape index (κ2) is 5.99. The number of nitrogens with zero attached hydrogens (tertiary/aromatic N) is 1. The number of aliphatic hydroxyl groups is 1. The lowest BCUT2D eigenvalue weighted by Gasteiger charge is -2.37. The molecule has 2 atom stereocenters. The number of likely N-dealkylation sites (tertiary alicyclic amines) is 1. The van der Waals surface area contributed by atoms with E-state index in [1.165, 1.54) is 32.2 Å². The second-order valence-corrected chi connectivity index (χ2v) is 5.50. The van der Waals surface area contributed by atoms with Crippen molar-refractivity contribution in [1.82, 2.24) is 10.2 Å². The minimum atomic E-state index is -0.0451. The Bertz CT molecular complexity index is 196. The maximum Gasteiger partial charge on any atom is 0.0564 e. The zero-order valence-corrected chi connectivity index (χ0v) is 10.5. The van der Waals surface area contributed by atoms with Crippen LogP contribution in [0.15, 0.2) is 0 Å². The Morgan fingerprint density at radius 3 is 2.62 bits per heavy atom. The summed E-state index contributed by atoms with van der Waals surface area (Å²) in [6.07, 6.45) is 7.24. The van der Waals surface area contributed by atoms with E-state index in [1.54, 1.807) is 0 Å². The third-order valence-corrected chi connectivity index (χ3v) is 4.16. The first-order chi connectivity index (χ1) is 7.75. The van der Waals surface area contributed by atoms with E-state index < -0.39 is 0 Å². The zero-order chi connectivity index (χ0) is 11.4. The monoisotopic (exact) mass is 226 g/mol. The van der Waals surface area contributed by atoms with Gasteiger partial charge in [0.25, 0.3) is 0 Å². The van der Waals surface area contributed by atoms with Gasteiger partial charge in [-0.2, -0.15) is 0 Å². The van der Waals surface area contributed by atoms with Gasteiger partial charge < -0.3 is 15.3 Å². The molecule has 0 aliphatic carbocycles. The maximum absolute atomic E-state index is 9.49. The largest absolute Gasteiger partial charge is 0.393 e. The van der Waals surface area contributed by atoms with Crippen molar-refractivity contribution in [2.75, 3.05) is 19.6 Å². The van der Waals surface area contributed by atoms with Gasteiger partial charge in [0.05, 0.1) is 6.10 Å². The predicted molar refractivity (Wildman–Crippen MR) is 66.5 cm³/mol. The van der Waals surface area contributed by atoms with Crippen LogP contribution in [-0.2, 0) is 0 Å². The summed E-state index contributed by atoms with van der Waals surface area (Å²) in [7, 11) is 0. The van der Waals surface area contributed by atoms with Gasteiger partial charge in [0.15, 0.2) is 0 Å². The van der Waals surface area contributed by atoms with Gasteiger partial charge in [-0.05, 0) is 45.6 Å². The van der Waals surface area contributed by atoms with E-state index in [1.807, 2.05) is 0 Å². The smallest absolute Gasteiger partial charge is 0.0564 e. The molecule has 0 spiro atoms. The van der Waals surface area contributed by atoms with Gasteiger partial charge in [-0.15, -0.1) is 0 Å². The number of piperidine rings is 2. The van der Waals surface area contributed by atoms with Crippen LogP contribution in [0.4, 0.5) is 0 Å². The number of aliphatic hydroxyl groups excluding tert-OH is 1. The Morgan fingerprint density at radius 1 is 1.25 bits per heavy atom. The molecule has 0 saturated carbocycles. The first-order valence-electron chi connectivity index (χ1n) is 6.91. The molecule has 0 radical (unpaired) electrons. The molecular formula is C13H26N2O. The number of rotatable bonds is 3. The molecule has 3 nitrogen and oxygen atoms in total. The molecule has 0 aromatic rings. The lowest BCUT2D eigenvalue weighted by molar-refractivity contribution is 0.0593. The summed E-state index contributed by atoms with van der Waals surface area (Å²) in [6.45, 7) is 5.70. The molecule has 3 heteroatoms. The molecule has 0 amide bonds. The van der Waals surface area contributed by atoms with Gasteiger partial charge in [0.2, 0.25) is 0 Å². The van der Waals surface area contributed by atoms with Crippen molar-refractivity contribution >= 4 is 0 Å². The highest BCUT2D eigenvalue weighted by atomic mass is 16.3. The summed E-state index contributed by atoms with van der Waals surface area (Å²) < 4.78 is 0. The predicted octanol–water partition coefficient (Wildman–Crippen LogP) is 1.36. The van der Waals surface area contributed by atoms with Gasteiger partial charge in [0.1, 0.15) is 0 Å². The number of hydrogen-bond acceptors (Lipinski definition) is 3. The molecule has 2 heterocycles. The molecule has 2 saturated heterocycles. The van der Waals surface area contributed by atoms with Crippen LogP contribution in [0.5, 0.6) is 0 Å². The minimum Gasteiger partial charge on any atom is -0.393 e. The van der Waals surface area contributed by atoms with Crippen LogP contribution in [-0.4, -0.2) is 47.8 Å². The summed E-state index contributed by atoms with van der Waals surface area (Å²) in [5.74, 6) is 0. The fourth-order valence-electron chi connectivity index (χ4n) is 3.01. The van der Waals surface area contributed by atoms with Crippen molar-refractivity contribution < 1.29 is 5.11 Å². The van der Waals surface area contributed by atoms with Crippen LogP contribution >= 0.6 is 0 Å². The lowest BCUT2D eigenvalue weighted by atomic mass is 9.96. The Labute approximate surface area is 99.2 Å². The topological polar surface area (TPSA) is 35.5 Å². The highest BCUT2D eigenvalue weighted by Crippen LogP contribution is 2.18. The molecule has 94 valence electrons. The van der Waals surface area contributed by atoms with Gasteiger partial charge in [-0.25, -0.2) is 0 Å². The van der Waals surface area contributed by atoms with E-state index in [0.717, 1.165) is 32.0 Å². The summed E-state index contributed by atoms with van der Waals surface area (Å²) in [5, 5.41) is 13.1. The van der Waals surface area contributed by atoms with E-state index in [4.69, 9.17) is 0 Å². The van der Waals surface area contributed by atoms with Crippen molar-refractivity contribution in [1.29, 1.82) is 0 Å². The molecule has 2 unspecified atom stereocenters. The Hall–Kier alpha value is -0.120. The Kier molecular flexibility index (Phi) is 4.62. The molecule has 16 heavy (non-hydrogen) atoms. The first kappa shape index (κ1) is 12.3. The highest BCUT2D eigenvalue weighted by Gasteiger charge is 2.23. The molecule has 2 aliphatic rings.